The molecule has 90 valence electrons. The van der Waals surface area contributed by atoms with Gasteiger partial charge in [0.2, 0.25) is 0 Å². The third-order valence-electron chi connectivity index (χ3n) is 2.94. The average Bonchev–Trinajstić information content (AvgIpc) is 2.32. The molecule has 2 heterocycles. The van der Waals surface area contributed by atoms with Gasteiger partial charge in [0.1, 0.15) is 5.65 Å². The summed E-state index contributed by atoms with van der Waals surface area (Å²) in [7, 11) is 0. The van der Waals surface area contributed by atoms with Crippen molar-refractivity contribution in [3.8, 4) is 0 Å². The molecule has 0 spiro atoms. The summed E-state index contributed by atoms with van der Waals surface area (Å²) in [5, 5.41) is 1.04. The average molecular weight is 230 g/mol. The topological polar surface area (TPSA) is 34.9 Å². The van der Waals surface area contributed by atoms with Crippen molar-refractivity contribution in [1.82, 2.24) is 9.55 Å². The van der Waals surface area contributed by atoms with E-state index in [1.807, 2.05) is 19.2 Å². The quantitative estimate of drug-likeness (QED) is 0.757. The van der Waals surface area contributed by atoms with Crippen LogP contribution in [0.15, 0.2) is 29.2 Å². The van der Waals surface area contributed by atoms with Gasteiger partial charge in [-0.05, 0) is 31.0 Å². The Morgan fingerprint density at radius 2 is 2.12 bits per heavy atom. The number of nitrogens with zero attached hydrogens (tertiary/aromatic N) is 2. The standard InChI is InChI=1S/C14H18N2O/c1-3-4-5-8-16-13(17)7-6-12-9-11(2)10-15-14(12)16/h6-7,9-10H,3-5,8H2,1-2H3. The number of pyridine rings is 2. The fourth-order valence-electron chi connectivity index (χ4n) is 2.02. The lowest BCUT2D eigenvalue weighted by atomic mass is 10.2. The first kappa shape index (κ1) is 11.8. The number of hydrogen-bond acceptors (Lipinski definition) is 2. The molecular formula is C14H18N2O. The highest BCUT2D eigenvalue weighted by Crippen LogP contribution is 2.11. The van der Waals surface area contributed by atoms with Gasteiger partial charge in [-0.2, -0.15) is 0 Å². The SMILES string of the molecule is CCCCCn1c(=O)ccc2cc(C)cnc21. The maximum Gasteiger partial charge on any atom is 0.252 e. The molecule has 0 unspecified atom stereocenters. The van der Waals surface area contributed by atoms with Crippen molar-refractivity contribution < 1.29 is 0 Å². The van der Waals surface area contributed by atoms with Crippen molar-refractivity contribution in [3.63, 3.8) is 0 Å². The van der Waals surface area contributed by atoms with E-state index in [4.69, 9.17) is 0 Å². The smallest absolute Gasteiger partial charge is 0.252 e. The van der Waals surface area contributed by atoms with E-state index < -0.39 is 0 Å². The molecule has 0 bridgehead atoms. The molecule has 0 atom stereocenters. The first-order valence-corrected chi connectivity index (χ1v) is 6.18. The van der Waals surface area contributed by atoms with Crippen LogP contribution in [0.1, 0.15) is 31.7 Å². The van der Waals surface area contributed by atoms with Crippen LogP contribution in [0.2, 0.25) is 0 Å². The van der Waals surface area contributed by atoms with Gasteiger partial charge in [0, 0.05) is 24.2 Å². The van der Waals surface area contributed by atoms with Crippen LogP contribution in [0.3, 0.4) is 0 Å². The molecule has 0 aliphatic heterocycles. The maximum absolute atomic E-state index is 11.8. The second-order valence-corrected chi connectivity index (χ2v) is 4.46. The van der Waals surface area contributed by atoms with E-state index in [0.29, 0.717) is 0 Å². The molecule has 17 heavy (non-hydrogen) atoms. The maximum atomic E-state index is 11.8. The van der Waals surface area contributed by atoms with Crippen LogP contribution >= 0.6 is 0 Å². The number of aryl methyl sites for hydroxylation is 2. The number of rotatable bonds is 4. The predicted octanol–water partition coefficient (Wildman–Crippen LogP) is 2.90. The van der Waals surface area contributed by atoms with E-state index in [2.05, 4.69) is 18.0 Å². The Labute approximate surface area is 101 Å². The second-order valence-electron chi connectivity index (χ2n) is 4.46. The Bertz CT molecular complexity index is 572. The monoisotopic (exact) mass is 230 g/mol. The predicted molar refractivity (Wildman–Crippen MR) is 70.3 cm³/mol. The van der Waals surface area contributed by atoms with Gasteiger partial charge in [0.25, 0.3) is 5.56 Å². The molecule has 0 fully saturated rings. The van der Waals surface area contributed by atoms with Crippen LogP contribution in [0.4, 0.5) is 0 Å². The molecule has 3 nitrogen and oxygen atoms in total. The lowest BCUT2D eigenvalue weighted by Gasteiger charge is -2.09. The summed E-state index contributed by atoms with van der Waals surface area (Å²) in [6, 6.07) is 5.56. The largest absolute Gasteiger partial charge is 0.293 e. The highest BCUT2D eigenvalue weighted by atomic mass is 16.1. The van der Waals surface area contributed by atoms with Crippen LogP contribution < -0.4 is 5.56 Å². The van der Waals surface area contributed by atoms with Crippen molar-refractivity contribution in [2.75, 3.05) is 0 Å². The Morgan fingerprint density at radius 1 is 1.29 bits per heavy atom. The summed E-state index contributed by atoms with van der Waals surface area (Å²) in [6.45, 7) is 4.94. The van der Waals surface area contributed by atoms with Gasteiger partial charge >= 0.3 is 0 Å². The van der Waals surface area contributed by atoms with Crippen molar-refractivity contribution in [2.24, 2.45) is 0 Å². The molecule has 0 aliphatic rings. The third kappa shape index (κ3) is 2.54. The highest BCUT2D eigenvalue weighted by molar-refractivity contribution is 5.75. The minimum absolute atomic E-state index is 0.0463. The van der Waals surface area contributed by atoms with E-state index in [1.165, 1.54) is 0 Å². The number of hydrogen-bond donors (Lipinski definition) is 0. The molecule has 0 saturated carbocycles. The Hall–Kier alpha value is -1.64. The minimum Gasteiger partial charge on any atom is -0.293 e. The van der Waals surface area contributed by atoms with Gasteiger partial charge in [-0.1, -0.05) is 19.8 Å². The lowest BCUT2D eigenvalue weighted by molar-refractivity contribution is 0.599. The Morgan fingerprint density at radius 3 is 2.88 bits per heavy atom. The van der Waals surface area contributed by atoms with E-state index >= 15 is 0 Å². The molecule has 3 heteroatoms. The minimum atomic E-state index is 0.0463. The molecule has 0 aliphatic carbocycles. The van der Waals surface area contributed by atoms with Gasteiger partial charge in [0.15, 0.2) is 0 Å². The molecule has 0 aromatic carbocycles. The zero-order chi connectivity index (χ0) is 12.3. The number of unbranched alkanes of at least 4 members (excludes halogenated alkanes) is 2. The fourth-order valence-corrected chi connectivity index (χ4v) is 2.02. The molecule has 0 amide bonds. The first-order valence-electron chi connectivity index (χ1n) is 6.18. The van der Waals surface area contributed by atoms with Gasteiger partial charge in [-0.3, -0.25) is 9.36 Å². The van der Waals surface area contributed by atoms with Gasteiger partial charge in [-0.15, -0.1) is 0 Å². The molecule has 0 N–H and O–H groups in total. The van der Waals surface area contributed by atoms with Crippen LogP contribution in [-0.4, -0.2) is 9.55 Å². The van der Waals surface area contributed by atoms with Gasteiger partial charge < -0.3 is 0 Å². The molecule has 2 aromatic heterocycles. The summed E-state index contributed by atoms with van der Waals surface area (Å²) < 4.78 is 1.78. The van der Waals surface area contributed by atoms with Crippen LogP contribution in [0.5, 0.6) is 0 Å². The van der Waals surface area contributed by atoms with Crippen molar-refractivity contribution in [2.45, 2.75) is 39.7 Å². The van der Waals surface area contributed by atoms with Gasteiger partial charge in [-0.25, -0.2) is 4.98 Å². The third-order valence-corrected chi connectivity index (χ3v) is 2.94. The molecule has 0 radical (unpaired) electrons. The van der Waals surface area contributed by atoms with Crippen LogP contribution in [-0.2, 0) is 6.54 Å². The van der Waals surface area contributed by atoms with E-state index in [-0.39, 0.29) is 5.56 Å². The fraction of sp³-hybridized carbons (Fsp3) is 0.429. The van der Waals surface area contributed by atoms with Crippen LogP contribution in [0, 0.1) is 6.92 Å². The molecule has 0 saturated heterocycles. The first-order chi connectivity index (χ1) is 8.22. The summed E-state index contributed by atoms with van der Waals surface area (Å²) >= 11 is 0. The van der Waals surface area contributed by atoms with Crippen LogP contribution in [0.25, 0.3) is 11.0 Å². The molecule has 2 aromatic rings. The van der Waals surface area contributed by atoms with Crippen molar-refractivity contribution in [3.05, 3.63) is 40.3 Å². The second kappa shape index (κ2) is 5.13. The Kier molecular flexibility index (Phi) is 3.57. The summed E-state index contributed by atoms with van der Waals surface area (Å²) in [5.74, 6) is 0. The molecule has 2 rings (SSSR count). The zero-order valence-corrected chi connectivity index (χ0v) is 10.4. The molecular weight excluding hydrogens is 212 g/mol. The van der Waals surface area contributed by atoms with Crippen molar-refractivity contribution in [1.29, 1.82) is 0 Å². The summed E-state index contributed by atoms with van der Waals surface area (Å²) in [5.41, 5.74) is 1.97. The lowest BCUT2D eigenvalue weighted by Crippen LogP contribution is -2.20. The number of fused-ring (bicyclic) bond motifs is 1. The van der Waals surface area contributed by atoms with E-state index in [9.17, 15) is 4.79 Å². The number of aromatic nitrogens is 2. The normalized spacial score (nSPS) is 10.9. The summed E-state index contributed by atoms with van der Waals surface area (Å²) in [4.78, 5) is 16.2. The van der Waals surface area contributed by atoms with E-state index in [1.54, 1.807) is 10.6 Å². The highest BCUT2D eigenvalue weighted by Gasteiger charge is 2.03. The zero-order valence-electron chi connectivity index (χ0n) is 10.4. The Balaban J connectivity index is 2.44. The summed E-state index contributed by atoms with van der Waals surface area (Å²) in [6.07, 6.45) is 5.16. The van der Waals surface area contributed by atoms with Crippen molar-refractivity contribution >= 4 is 11.0 Å². The van der Waals surface area contributed by atoms with Gasteiger partial charge in [0.05, 0.1) is 0 Å². The van der Waals surface area contributed by atoms with E-state index in [0.717, 1.165) is 42.4 Å².